The second-order valence-corrected chi connectivity index (χ2v) is 6.27. The van der Waals surface area contributed by atoms with Crippen molar-refractivity contribution >= 4 is 17.4 Å². The van der Waals surface area contributed by atoms with Crippen LogP contribution in [0.5, 0.6) is 0 Å². The summed E-state index contributed by atoms with van der Waals surface area (Å²) in [6.07, 6.45) is -0.780. The lowest BCUT2D eigenvalue weighted by atomic mass is 10.1. The minimum atomic E-state index is -4.26. The molecule has 1 saturated carbocycles. The normalized spacial score (nSPS) is 23.6. The van der Waals surface area contributed by atoms with E-state index in [1.807, 2.05) is 11.8 Å². The smallest absolute Gasteiger partial charge is 0.381 e. The Kier molecular flexibility index (Phi) is 4.66. The first-order chi connectivity index (χ1) is 9.00. The molecule has 1 nitrogen and oxygen atoms in total. The monoisotopic (exact) mass is 289 g/mol. The fraction of sp³-hybridized carbons (Fsp3) is 0.571. The molecule has 0 aromatic heterocycles. The molecule has 0 amide bonds. The van der Waals surface area contributed by atoms with Gasteiger partial charge < -0.3 is 5.32 Å². The summed E-state index contributed by atoms with van der Waals surface area (Å²) >= 11 is 1.93. The van der Waals surface area contributed by atoms with Gasteiger partial charge in [-0.1, -0.05) is 13.3 Å². The molecule has 2 unspecified atom stereocenters. The molecule has 0 saturated heterocycles. The molecule has 1 aliphatic carbocycles. The van der Waals surface area contributed by atoms with Crippen LogP contribution >= 0.6 is 11.8 Å². The number of thioether (sulfide) groups is 1. The number of hydrogen-bond donors (Lipinski definition) is 1. The lowest BCUT2D eigenvalue weighted by molar-refractivity contribution is -0.137. The Labute approximate surface area is 116 Å². The fourth-order valence-electron chi connectivity index (χ4n) is 2.47. The number of hydrogen-bond acceptors (Lipinski definition) is 2. The molecule has 1 fully saturated rings. The van der Waals surface area contributed by atoms with Gasteiger partial charge >= 0.3 is 6.18 Å². The summed E-state index contributed by atoms with van der Waals surface area (Å²) in [5.41, 5.74) is 0.186. The molecule has 1 aromatic rings. The van der Waals surface area contributed by atoms with Gasteiger partial charge in [-0.3, -0.25) is 0 Å². The van der Waals surface area contributed by atoms with Crippen molar-refractivity contribution in [1.29, 1.82) is 0 Å². The second kappa shape index (κ2) is 6.07. The third-order valence-electron chi connectivity index (χ3n) is 3.40. The first-order valence-electron chi connectivity index (χ1n) is 6.56. The predicted octanol–water partition coefficient (Wildman–Crippen LogP) is 4.79. The average Bonchev–Trinajstić information content (AvgIpc) is 2.77. The molecule has 0 heterocycles. The highest BCUT2D eigenvalue weighted by Gasteiger charge is 2.30. The number of benzene rings is 1. The number of alkyl halides is 3. The van der Waals surface area contributed by atoms with Crippen LogP contribution in [0.15, 0.2) is 24.3 Å². The van der Waals surface area contributed by atoms with Crippen LogP contribution in [0.4, 0.5) is 18.9 Å². The Bertz CT molecular complexity index is 402. The summed E-state index contributed by atoms with van der Waals surface area (Å²) in [6, 6.07) is 5.70. The van der Waals surface area contributed by atoms with E-state index in [1.165, 1.54) is 25.0 Å². The maximum Gasteiger partial charge on any atom is 0.416 e. The zero-order valence-electron chi connectivity index (χ0n) is 10.8. The van der Waals surface area contributed by atoms with Crippen molar-refractivity contribution in [3.63, 3.8) is 0 Å². The van der Waals surface area contributed by atoms with Gasteiger partial charge in [0, 0.05) is 17.0 Å². The average molecular weight is 289 g/mol. The van der Waals surface area contributed by atoms with Gasteiger partial charge in [0.25, 0.3) is 0 Å². The van der Waals surface area contributed by atoms with E-state index in [2.05, 4.69) is 12.2 Å². The third kappa shape index (κ3) is 3.81. The Morgan fingerprint density at radius 1 is 1.21 bits per heavy atom. The van der Waals surface area contributed by atoms with Crippen molar-refractivity contribution in [2.75, 3.05) is 11.1 Å². The van der Waals surface area contributed by atoms with Crippen molar-refractivity contribution in [3.05, 3.63) is 29.8 Å². The summed E-state index contributed by atoms with van der Waals surface area (Å²) in [4.78, 5) is 0. The highest BCUT2D eigenvalue weighted by atomic mass is 32.2. The summed E-state index contributed by atoms with van der Waals surface area (Å²) in [6.45, 7) is 2.14. The standard InChI is InChI=1S/C14H18F3NS/c1-2-19-13-5-3-4-12(13)18-11-8-6-10(7-9-11)14(15,16)17/h6-9,12-13,18H,2-5H2,1H3. The van der Waals surface area contributed by atoms with Crippen LogP contribution in [0.3, 0.4) is 0 Å². The molecule has 1 aromatic carbocycles. The number of nitrogens with one attached hydrogen (secondary N) is 1. The van der Waals surface area contributed by atoms with Gasteiger partial charge in [0.15, 0.2) is 0 Å². The van der Waals surface area contributed by atoms with Crippen LogP contribution < -0.4 is 5.32 Å². The highest BCUT2D eigenvalue weighted by molar-refractivity contribution is 7.99. The first kappa shape index (κ1) is 14.6. The molecular weight excluding hydrogens is 271 g/mol. The van der Waals surface area contributed by atoms with Crippen LogP contribution in [-0.4, -0.2) is 17.0 Å². The van der Waals surface area contributed by atoms with Crippen molar-refractivity contribution in [2.24, 2.45) is 0 Å². The quantitative estimate of drug-likeness (QED) is 0.855. The predicted molar refractivity (Wildman–Crippen MR) is 74.6 cm³/mol. The number of anilines is 1. The molecule has 1 aliphatic rings. The molecule has 106 valence electrons. The molecule has 0 radical (unpaired) electrons. The van der Waals surface area contributed by atoms with Gasteiger partial charge in [-0.25, -0.2) is 0 Å². The van der Waals surface area contributed by atoms with Crippen LogP contribution in [0, 0.1) is 0 Å². The van der Waals surface area contributed by atoms with Gasteiger partial charge in [-0.2, -0.15) is 24.9 Å². The summed E-state index contributed by atoms with van der Waals surface area (Å²) in [5, 5.41) is 3.94. The third-order valence-corrected chi connectivity index (χ3v) is 4.72. The molecule has 19 heavy (non-hydrogen) atoms. The van der Waals surface area contributed by atoms with Crippen LogP contribution in [-0.2, 0) is 6.18 Å². The molecule has 5 heteroatoms. The SMILES string of the molecule is CCSC1CCCC1Nc1ccc(C(F)(F)F)cc1. The maximum absolute atomic E-state index is 12.5. The van der Waals surface area contributed by atoms with Crippen molar-refractivity contribution in [2.45, 2.75) is 43.7 Å². The molecular formula is C14H18F3NS. The second-order valence-electron chi connectivity index (χ2n) is 4.75. The van der Waals surface area contributed by atoms with Crippen molar-refractivity contribution < 1.29 is 13.2 Å². The molecule has 2 rings (SSSR count). The lowest BCUT2D eigenvalue weighted by Crippen LogP contribution is -2.26. The zero-order valence-corrected chi connectivity index (χ0v) is 11.7. The largest absolute Gasteiger partial charge is 0.416 e. The molecule has 2 atom stereocenters. The van der Waals surface area contributed by atoms with Crippen molar-refractivity contribution in [3.8, 4) is 0 Å². The Hall–Kier alpha value is -0.840. The fourth-order valence-corrected chi connectivity index (χ4v) is 3.67. The zero-order chi connectivity index (χ0) is 13.9. The van der Waals surface area contributed by atoms with Gasteiger partial charge in [-0.05, 0) is 42.9 Å². The highest BCUT2D eigenvalue weighted by Crippen LogP contribution is 2.33. The van der Waals surface area contributed by atoms with Crippen LogP contribution in [0.1, 0.15) is 31.7 Å². The van der Waals surface area contributed by atoms with E-state index >= 15 is 0 Å². The molecule has 0 bridgehead atoms. The Morgan fingerprint density at radius 3 is 2.47 bits per heavy atom. The van der Waals surface area contributed by atoms with E-state index in [9.17, 15) is 13.2 Å². The summed E-state index contributed by atoms with van der Waals surface area (Å²) in [7, 11) is 0. The minimum absolute atomic E-state index is 0.377. The molecule has 0 spiro atoms. The number of rotatable bonds is 4. The molecule has 1 N–H and O–H groups in total. The van der Waals surface area contributed by atoms with Gasteiger partial charge in [0.2, 0.25) is 0 Å². The summed E-state index contributed by atoms with van der Waals surface area (Å²) < 4.78 is 37.4. The first-order valence-corrected chi connectivity index (χ1v) is 7.61. The van der Waals surface area contributed by atoms with Gasteiger partial charge in [0.1, 0.15) is 0 Å². The van der Waals surface area contributed by atoms with E-state index in [0.717, 1.165) is 30.0 Å². The van der Waals surface area contributed by atoms with E-state index in [4.69, 9.17) is 0 Å². The number of halogens is 3. The van der Waals surface area contributed by atoms with E-state index in [-0.39, 0.29) is 0 Å². The Morgan fingerprint density at radius 2 is 1.89 bits per heavy atom. The maximum atomic E-state index is 12.5. The van der Waals surface area contributed by atoms with E-state index < -0.39 is 11.7 Å². The van der Waals surface area contributed by atoms with Gasteiger partial charge in [-0.15, -0.1) is 0 Å². The summed E-state index contributed by atoms with van der Waals surface area (Å²) in [5.74, 6) is 1.08. The minimum Gasteiger partial charge on any atom is -0.381 e. The van der Waals surface area contributed by atoms with E-state index in [0.29, 0.717) is 11.3 Å². The Balaban J connectivity index is 1.99. The van der Waals surface area contributed by atoms with Crippen molar-refractivity contribution in [1.82, 2.24) is 0 Å². The van der Waals surface area contributed by atoms with Gasteiger partial charge in [0.05, 0.1) is 5.56 Å². The molecule has 0 aliphatic heterocycles. The van der Waals surface area contributed by atoms with Crippen LogP contribution in [0.2, 0.25) is 0 Å². The topological polar surface area (TPSA) is 12.0 Å². The van der Waals surface area contributed by atoms with E-state index in [1.54, 1.807) is 0 Å². The van der Waals surface area contributed by atoms with Crippen LogP contribution in [0.25, 0.3) is 0 Å². The lowest BCUT2D eigenvalue weighted by Gasteiger charge is -2.21.